The molecule has 36 valence electrons. The predicted octanol–water partition coefficient (Wildman–Crippen LogP) is -0.922. The van der Waals surface area contributed by atoms with Gasteiger partial charge in [0.1, 0.15) is 6.61 Å². The van der Waals surface area contributed by atoms with E-state index in [-0.39, 0.29) is 25.0 Å². The monoisotopic (exact) mass is 95.1 g/mol. The molecular formula is C3H6LiNO2. The molecule has 0 aliphatic carbocycles. The molecule has 1 rings (SSSR count). The fourth-order valence-electron chi connectivity index (χ4n) is 0.348. The van der Waals surface area contributed by atoms with Crippen LogP contribution in [0.25, 0.3) is 0 Å². The van der Waals surface area contributed by atoms with Crippen LogP contribution in [0, 0.1) is 0 Å². The van der Waals surface area contributed by atoms with Crippen LogP contribution in [0.5, 0.6) is 0 Å². The van der Waals surface area contributed by atoms with E-state index in [0.29, 0.717) is 13.2 Å². The minimum atomic E-state index is -0.296. The van der Waals surface area contributed by atoms with Crippen LogP contribution in [-0.4, -0.2) is 38.1 Å². The summed E-state index contributed by atoms with van der Waals surface area (Å²) in [5.41, 5.74) is 0. The van der Waals surface area contributed by atoms with Gasteiger partial charge >= 0.3 is 25.0 Å². The van der Waals surface area contributed by atoms with Gasteiger partial charge in [-0.25, -0.2) is 4.79 Å². The van der Waals surface area contributed by atoms with Gasteiger partial charge in [-0.15, -0.1) is 0 Å². The van der Waals surface area contributed by atoms with Gasteiger partial charge in [0, 0.05) is 0 Å². The van der Waals surface area contributed by atoms with Crippen LogP contribution in [0.2, 0.25) is 0 Å². The summed E-state index contributed by atoms with van der Waals surface area (Å²) in [6.45, 7) is 1.19. The van der Waals surface area contributed by atoms with E-state index in [0.717, 1.165) is 0 Å². The zero-order valence-corrected chi connectivity index (χ0v) is 3.23. The molecule has 0 saturated carbocycles. The fourth-order valence-corrected chi connectivity index (χ4v) is 0.348. The molecule has 7 heavy (non-hydrogen) atoms. The Hall–Kier alpha value is -0.133. The Labute approximate surface area is 53.6 Å². The van der Waals surface area contributed by atoms with Gasteiger partial charge in [0.25, 0.3) is 0 Å². The molecule has 4 heteroatoms. The molecule has 1 heterocycles. The third-order valence-electron chi connectivity index (χ3n) is 0.605. The standard InChI is InChI=1S/C3H5NO2.Li.H/c5-3-4-1-2-6-3;;/h1-2H2,(H,4,5);;. The molecule has 1 aliphatic rings. The molecule has 1 fully saturated rings. The van der Waals surface area contributed by atoms with E-state index in [1.54, 1.807) is 0 Å². The van der Waals surface area contributed by atoms with E-state index in [1.165, 1.54) is 0 Å². The predicted molar refractivity (Wildman–Crippen MR) is 26.5 cm³/mol. The van der Waals surface area contributed by atoms with Gasteiger partial charge in [0.15, 0.2) is 0 Å². The molecule has 1 amide bonds. The van der Waals surface area contributed by atoms with Gasteiger partial charge in [0.2, 0.25) is 0 Å². The molecule has 1 saturated heterocycles. The Bertz CT molecular complexity index is 67.3. The van der Waals surface area contributed by atoms with Crippen molar-refractivity contribution in [2.75, 3.05) is 13.2 Å². The first-order valence-corrected chi connectivity index (χ1v) is 1.80. The molecule has 0 radical (unpaired) electrons. The van der Waals surface area contributed by atoms with Crippen molar-refractivity contribution in [1.82, 2.24) is 5.32 Å². The van der Waals surface area contributed by atoms with Crippen molar-refractivity contribution in [2.45, 2.75) is 0 Å². The summed E-state index contributed by atoms with van der Waals surface area (Å²) in [6.07, 6.45) is -0.296. The second-order valence-corrected chi connectivity index (χ2v) is 1.06. The zero-order chi connectivity index (χ0) is 4.41. The van der Waals surface area contributed by atoms with E-state index in [2.05, 4.69) is 10.1 Å². The van der Waals surface area contributed by atoms with Crippen LogP contribution >= 0.6 is 0 Å². The van der Waals surface area contributed by atoms with Crippen LogP contribution in [0.1, 0.15) is 0 Å². The third kappa shape index (κ3) is 1.86. The fraction of sp³-hybridized carbons (Fsp3) is 0.667. The summed E-state index contributed by atoms with van der Waals surface area (Å²) in [5.74, 6) is 0. The van der Waals surface area contributed by atoms with E-state index < -0.39 is 0 Å². The Morgan fingerprint density at radius 3 is 2.57 bits per heavy atom. The SMILES string of the molecule is O=C1NCCO1.[LiH]. The maximum absolute atomic E-state index is 9.91. The first-order chi connectivity index (χ1) is 2.89. The topological polar surface area (TPSA) is 38.3 Å². The quantitative estimate of drug-likeness (QED) is 0.395. The molecule has 1 N–H and O–H groups in total. The summed E-state index contributed by atoms with van der Waals surface area (Å²) in [4.78, 5) is 9.91. The van der Waals surface area contributed by atoms with Crippen LogP contribution < -0.4 is 5.32 Å². The summed E-state index contributed by atoms with van der Waals surface area (Å²) in [6, 6.07) is 0. The van der Waals surface area contributed by atoms with Gasteiger partial charge in [-0.2, -0.15) is 0 Å². The van der Waals surface area contributed by atoms with E-state index in [1.807, 2.05) is 0 Å². The number of ether oxygens (including phenoxy) is 1. The van der Waals surface area contributed by atoms with Crippen LogP contribution in [0.3, 0.4) is 0 Å². The summed E-state index contributed by atoms with van der Waals surface area (Å²) in [7, 11) is 0. The Morgan fingerprint density at radius 2 is 2.43 bits per heavy atom. The van der Waals surface area contributed by atoms with Crippen molar-refractivity contribution in [3.63, 3.8) is 0 Å². The van der Waals surface area contributed by atoms with Crippen molar-refractivity contribution in [3.8, 4) is 0 Å². The molecule has 0 aromatic carbocycles. The number of carbonyl (C=O) groups excluding carboxylic acids is 1. The number of carbonyl (C=O) groups is 1. The number of rotatable bonds is 0. The van der Waals surface area contributed by atoms with Gasteiger partial charge in [-0.05, 0) is 0 Å². The van der Waals surface area contributed by atoms with Gasteiger partial charge in [0.05, 0.1) is 6.54 Å². The number of hydrogen-bond acceptors (Lipinski definition) is 2. The van der Waals surface area contributed by atoms with Crippen molar-refractivity contribution >= 4 is 25.0 Å². The Balaban J connectivity index is 0.000000360. The summed E-state index contributed by atoms with van der Waals surface area (Å²) >= 11 is 0. The maximum atomic E-state index is 9.91. The van der Waals surface area contributed by atoms with Crippen molar-refractivity contribution < 1.29 is 9.53 Å². The third-order valence-corrected chi connectivity index (χ3v) is 0.605. The molecule has 1 aliphatic heterocycles. The first-order valence-electron chi connectivity index (χ1n) is 1.80. The molecule has 3 nitrogen and oxygen atoms in total. The average molecular weight is 95.0 g/mol. The summed E-state index contributed by atoms with van der Waals surface area (Å²) < 4.78 is 4.40. The average Bonchev–Trinajstić information content (AvgIpc) is 1.86. The number of hydrogen-bond donors (Lipinski definition) is 1. The van der Waals surface area contributed by atoms with Crippen molar-refractivity contribution in [2.24, 2.45) is 0 Å². The molecule has 0 bridgehead atoms. The van der Waals surface area contributed by atoms with Crippen LogP contribution in [0.4, 0.5) is 4.79 Å². The number of alkyl carbamates (subject to hydrolysis) is 1. The minimum absolute atomic E-state index is 0. The van der Waals surface area contributed by atoms with Crippen molar-refractivity contribution in [3.05, 3.63) is 0 Å². The zero-order valence-electron chi connectivity index (χ0n) is 3.23. The van der Waals surface area contributed by atoms with E-state index in [9.17, 15) is 4.79 Å². The van der Waals surface area contributed by atoms with E-state index in [4.69, 9.17) is 0 Å². The molecule has 0 aromatic heterocycles. The second kappa shape index (κ2) is 2.95. The normalized spacial score (nSPS) is 16.9. The molecule has 0 spiro atoms. The van der Waals surface area contributed by atoms with E-state index >= 15 is 0 Å². The van der Waals surface area contributed by atoms with Crippen molar-refractivity contribution in [1.29, 1.82) is 0 Å². The Kier molecular flexibility index (Phi) is 2.89. The second-order valence-electron chi connectivity index (χ2n) is 1.06. The molecular weight excluding hydrogens is 89.0 g/mol. The number of cyclic esters (lactones) is 1. The number of nitrogens with one attached hydrogen (secondary N) is 1. The van der Waals surface area contributed by atoms with Gasteiger partial charge in [-0.1, -0.05) is 0 Å². The number of amides is 1. The molecule has 0 aromatic rings. The van der Waals surface area contributed by atoms with Crippen LogP contribution in [-0.2, 0) is 4.74 Å². The Morgan fingerprint density at radius 1 is 1.71 bits per heavy atom. The van der Waals surface area contributed by atoms with Crippen LogP contribution in [0.15, 0.2) is 0 Å². The molecule has 0 atom stereocenters. The van der Waals surface area contributed by atoms with Gasteiger partial charge < -0.3 is 10.1 Å². The first kappa shape index (κ1) is 6.87. The molecule has 0 unspecified atom stereocenters. The van der Waals surface area contributed by atoms with Gasteiger partial charge in [-0.3, -0.25) is 0 Å². The summed E-state index contributed by atoms with van der Waals surface area (Å²) in [5, 5.41) is 2.46.